The third kappa shape index (κ3) is 3.92. The number of nitrogens with zero attached hydrogens (tertiary/aromatic N) is 2. The third-order valence-corrected chi connectivity index (χ3v) is 7.58. The van der Waals surface area contributed by atoms with E-state index < -0.39 is 16.0 Å². The lowest BCUT2D eigenvalue weighted by Crippen LogP contribution is -2.30. The van der Waals surface area contributed by atoms with Crippen molar-refractivity contribution in [1.82, 2.24) is 4.98 Å². The smallest absolute Gasteiger partial charge is 0.337 e. The Kier molecular flexibility index (Phi) is 5.52. The second kappa shape index (κ2) is 8.25. The van der Waals surface area contributed by atoms with Crippen LogP contribution < -0.4 is 4.31 Å². The molecule has 2 heterocycles. The zero-order chi connectivity index (χ0) is 21.1. The van der Waals surface area contributed by atoms with E-state index in [1.54, 1.807) is 30.3 Å². The Morgan fingerprint density at radius 3 is 2.50 bits per heavy atom. The zero-order valence-electron chi connectivity index (χ0n) is 16.1. The van der Waals surface area contributed by atoms with Crippen molar-refractivity contribution < 1.29 is 17.9 Å². The SMILES string of the molecule is COC(=O)c1ccc(CN(c2cc3ccccc3s2)S(=O)(=O)c2cccnc2)cc1. The number of fused-ring (bicyclic) bond motifs is 1. The summed E-state index contributed by atoms with van der Waals surface area (Å²) in [6.07, 6.45) is 2.88. The molecule has 0 radical (unpaired) electrons. The van der Waals surface area contributed by atoms with Crippen LogP contribution in [0.2, 0.25) is 0 Å². The molecule has 0 aliphatic rings. The van der Waals surface area contributed by atoms with Crippen molar-refractivity contribution in [2.45, 2.75) is 11.4 Å². The highest BCUT2D eigenvalue weighted by Gasteiger charge is 2.27. The molecular weight excluding hydrogens is 420 g/mol. The molecule has 0 aliphatic heterocycles. The molecule has 152 valence electrons. The summed E-state index contributed by atoms with van der Waals surface area (Å²) >= 11 is 1.41. The lowest BCUT2D eigenvalue weighted by molar-refractivity contribution is 0.0600. The van der Waals surface area contributed by atoms with Crippen LogP contribution in [0.15, 0.2) is 84.0 Å². The Balaban J connectivity index is 1.76. The first kappa shape index (κ1) is 20.1. The summed E-state index contributed by atoms with van der Waals surface area (Å²) in [4.78, 5) is 15.8. The van der Waals surface area contributed by atoms with Gasteiger partial charge in [0, 0.05) is 17.1 Å². The van der Waals surface area contributed by atoms with Crippen LogP contribution >= 0.6 is 11.3 Å². The molecule has 0 saturated heterocycles. The van der Waals surface area contributed by atoms with Crippen LogP contribution in [0.4, 0.5) is 5.00 Å². The van der Waals surface area contributed by atoms with Gasteiger partial charge < -0.3 is 4.74 Å². The topological polar surface area (TPSA) is 76.6 Å². The van der Waals surface area contributed by atoms with E-state index in [4.69, 9.17) is 4.74 Å². The van der Waals surface area contributed by atoms with Gasteiger partial charge in [-0.25, -0.2) is 13.2 Å². The predicted octanol–water partition coefficient (Wildman–Crippen LogP) is 4.48. The van der Waals surface area contributed by atoms with Crippen LogP contribution in [0.3, 0.4) is 0 Å². The van der Waals surface area contributed by atoms with Gasteiger partial charge in [-0.15, -0.1) is 11.3 Å². The van der Waals surface area contributed by atoms with E-state index in [-0.39, 0.29) is 11.4 Å². The van der Waals surface area contributed by atoms with Gasteiger partial charge in [0.25, 0.3) is 10.0 Å². The fourth-order valence-electron chi connectivity index (χ4n) is 3.03. The fourth-order valence-corrected chi connectivity index (χ4v) is 5.71. The number of anilines is 1. The van der Waals surface area contributed by atoms with Crippen LogP contribution in [-0.2, 0) is 21.3 Å². The maximum Gasteiger partial charge on any atom is 0.337 e. The second-order valence-corrected chi connectivity index (χ2v) is 9.44. The van der Waals surface area contributed by atoms with Gasteiger partial charge in [0.15, 0.2) is 0 Å². The summed E-state index contributed by atoms with van der Waals surface area (Å²) in [6, 6.07) is 19.5. The molecule has 0 spiro atoms. The number of rotatable bonds is 6. The third-order valence-electron chi connectivity index (χ3n) is 4.58. The first-order valence-corrected chi connectivity index (χ1v) is 11.3. The first-order valence-electron chi connectivity index (χ1n) is 9.07. The number of benzene rings is 2. The second-order valence-electron chi connectivity index (χ2n) is 6.51. The van der Waals surface area contributed by atoms with Crippen molar-refractivity contribution in [3.8, 4) is 0 Å². The van der Waals surface area contributed by atoms with Crippen LogP contribution in [0.25, 0.3) is 10.1 Å². The number of sulfonamides is 1. The minimum absolute atomic E-state index is 0.117. The first-order chi connectivity index (χ1) is 14.5. The van der Waals surface area contributed by atoms with Crippen LogP contribution in [0.5, 0.6) is 0 Å². The molecule has 0 fully saturated rings. The molecule has 8 heteroatoms. The molecule has 2 aromatic heterocycles. The quantitative estimate of drug-likeness (QED) is 0.415. The Morgan fingerprint density at radius 1 is 1.07 bits per heavy atom. The molecule has 30 heavy (non-hydrogen) atoms. The summed E-state index contributed by atoms with van der Waals surface area (Å²) in [5.41, 5.74) is 1.15. The normalized spacial score (nSPS) is 11.4. The molecule has 0 bridgehead atoms. The molecule has 2 aromatic carbocycles. The molecule has 0 N–H and O–H groups in total. The van der Waals surface area contributed by atoms with Crippen molar-refractivity contribution in [2.75, 3.05) is 11.4 Å². The van der Waals surface area contributed by atoms with Crippen LogP contribution in [0, 0.1) is 0 Å². The molecule has 0 atom stereocenters. The van der Waals surface area contributed by atoms with Gasteiger partial charge in [-0.1, -0.05) is 30.3 Å². The molecule has 4 rings (SSSR count). The summed E-state index contributed by atoms with van der Waals surface area (Å²) < 4.78 is 34.0. The van der Waals surface area contributed by atoms with Crippen molar-refractivity contribution in [3.05, 3.63) is 90.3 Å². The molecule has 0 saturated carbocycles. The van der Waals surface area contributed by atoms with Gasteiger partial charge in [0.05, 0.1) is 19.2 Å². The van der Waals surface area contributed by atoms with Crippen molar-refractivity contribution in [3.63, 3.8) is 0 Å². The lowest BCUT2D eigenvalue weighted by atomic mass is 10.1. The number of aromatic nitrogens is 1. The van der Waals surface area contributed by atoms with E-state index >= 15 is 0 Å². The maximum atomic E-state index is 13.5. The van der Waals surface area contributed by atoms with Gasteiger partial charge in [-0.05, 0) is 47.3 Å². The number of carbonyl (C=O) groups is 1. The predicted molar refractivity (Wildman–Crippen MR) is 117 cm³/mol. The number of esters is 1. The van der Waals surface area contributed by atoms with E-state index in [0.717, 1.165) is 15.6 Å². The minimum atomic E-state index is -3.84. The number of methoxy groups -OCH3 is 1. The number of hydrogen-bond acceptors (Lipinski definition) is 6. The van der Waals surface area contributed by atoms with Gasteiger partial charge >= 0.3 is 5.97 Å². The highest BCUT2D eigenvalue weighted by Crippen LogP contribution is 2.36. The number of hydrogen-bond donors (Lipinski definition) is 0. The van der Waals surface area contributed by atoms with Crippen LogP contribution in [-0.4, -0.2) is 26.5 Å². The Hall–Kier alpha value is -3.23. The molecular formula is C22H18N2O4S2. The summed E-state index contributed by atoms with van der Waals surface area (Å²) in [5, 5.41) is 1.59. The van der Waals surface area contributed by atoms with E-state index in [1.165, 1.54) is 41.2 Å². The summed E-state index contributed by atoms with van der Waals surface area (Å²) in [7, 11) is -2.52. The molecule has 0 aliphatic carbocycles. The fraction of sp³-hybridized carbons (Fsp3) is 0.0909. The van der Waals surface area contributed by atoms with Gasteiger partial charge in [-0.3, -0.25) is 9.29 Å². The monoisotopic (exact) mass is 438 g/mol. The average Bonchev–Trinajstić information content (AvgIpc) is 3.21. The standard InChI is InChI=1S/C22H18N2O4S2/c1-28-22(25)17-10-8-16(9-11-17)15-24(30(26,27)19-6-4-12-23-14-19)21-13-18-5-2-3-7-20(18)29-21/h2-14H,15H2,1H3. The van der Waals surface area contributed by atoms with E-state index in [2.05, 4.69) is 4.98 Å². The zero-order valence-corrected chi connectivity index (χ0v) is 17.7. The molecule has 4 aromatic rings. The van der Waals surface area contributed by atoms with Crippen molar-refractivity contribution in [1.29, 1.82) is 0 Å². The van der Waals surface area contributed by atoms with Crippen LogP contribution in [0.1, 0.15) is 15.9 Å². The molecule has 6 nitrogen and oxygen atoms in total. The number of ether oxygens (including phenoxy) is 1. The highest BCUT2D eigenvalue weighted by molar-refractivity contribution is 7.93. The lowest BCUT2D eigenvalue weighted by Gasteiger charge is -2.23. The number of thiophene rings is 1. The molecule has 0 amide bonds. The van der Waals surface area contributed by atoms with E-state index in [1.807, 2.05) is 30.3 Å². The Bertz CT molecular complexity index is 1250. The van der Waals surface area contributed by atoms with E-state index in [0.29, 0.717) is 10.6 Å². The average molecular weight is 439 g/mol. The van der Waals surface area contributed by atoms with Gasteiger partial charge in [0.1, 0.15) is 9.90 Å². The highest BCUT2D eigenvalue weighted by atomic mass is 32.2. The van der Waals surface area contributed by atoms with Crippen molar-refractivity contribution >= 4 is 42.4 Å². The Morgan fingerprint density at radius 2 is 1.83 bits per heavy atom. The minimum Gasteiger partial charge on any atom is -0.465 e. The van der Waals surface area contributed by atoms with E-state index in [9.17, 15) is 13.2 Å². The van der Waals surface area contributed by atoms with Crippen molar-refractivity contribution in [2.24, 2.45) is 0 Å². The summed E-state index contributed by atoms with van der Waals surface area (Å²) in [6.45, 7) is 0.117. The van der Waals surface area contributed by atoms with Gasteiger partial charge in [0.2, 0.25) is 0 Å². The summed E-state index contributed by atoms with van der Waals surface area (Å²) in [5.74, 6) is -0.439. The largest absolute Gasteiger partial charge is 0.465 e. The Labute approximate surface area is 178 Å². The molecule has 0 unspecified atom stereocenters. The maximum absolute atomic E-state index is 13.5. The number of carbonyl (C=O) groups excluding carboxylic acids is 1. The number of pyridine rings is 1. The van der Waals surface area contributed by atoms with Gasteiger partial charge in [-0.2, -0.15) is 0 Å².